The maximum Gasteiger partial charge on any atom is 0.0367 e. The molecule has 0 aliphatic carbocycles. The van der Waals surface area contributed by atoms with Gasteiger partial charge < -0.3 is 5.41 Å². The van der Waals surface area contributed by atoms with E-state index >= 15 is 0 Å². The summed E-state index contributed by atoms with van der Waals surface area (Å²) in [6, 6.07) is 0. The Balaban J connectivity index is 5.34. The van der Waals surface area contributed by atoms with Gasteiger partial charge in [-0.05, 0) is 31.6 Å². The third-order valence-electron chi connectivity index (χ3n) is 3.67. The summed E-state index contributed by atoms with van der Waals surface area (Å²) in [4.78, 5) is 0. The summed E-state index contributed by atoms with van der Waals surface area (Å²) in [5, 5.41) is 8.18. The quantitative estimate of drug-likeness (QED) is 0.673. The van der Waals surface area contributed by atoms with Gasteiger partial charge in [0.1, 0.15) is 0 Å². The van der Waals surface area contributed by atoms with E-state index in [1.165, 1.54) is 5.57 Å². The Morgan fingerprint density at radius 2 is 1.71 bits per heavy atom. The monoisotopic (exact) mass is 255 g/mol. The fourth-order valence-corrected chi connectivity index (χ4v) is 2.66. The SMILES string of the molecule is CC/C(=C/C(=N)C(C)(C)C)C(C)(SC)C(C)C. The smallest absolute Gasteiger partial charge is 0.0367 e. The van der Waals surface area contributed by atoms with Crippen molar-refractivity contribution in [3.05, 3.63) is 11.6 Å². The van der Waals surface area contributed by atoms with Gasteiger partial charge in [-0.25, -0.2) is 0 Å². The molecular formula is C15H29NS. The van der Waals surface area contributed by atoms with Crippen LogP contribution in [0, 0.1) is 16.7 Å². The van der Waals surface area contributed by atoms with Gasteiger partial charge in [-0.1, -0.05) is 47.1 Å². The second-order valence-electron chi connectivity index (χ2n) is 6.15. The summed E-state index contributed by atoms with van der Waals surface area (Å²) in [5.74, 6) is 0.580. The first-order chi connectivity index (χ1) is 7.59. The Labute approximate surface area is 112 Å². The third kappa shape index (κ3) is 4.17. The summed E-state index contributed by atoms with van der Waals surface area (Å²) in [6.07, 6.45) is 5.30. The van der Waals surface area contributed by atoms with E-state index in [9.17, 15) is 0 Å². The molecule has 0 aromatic rings. The van der Waals surface area contributed by atoms with Gasteiger partial charge in [0.15, 0.2) is 0 Å². The maximum atomic E-state index is 8.18. The lowest BCUT2D eigenvalue weighted by Gasteiger charge is -2.35. The van der Waals surface area contributed by atoms with E-state index in [-0.39, 0.29) is 10.2 Å². The van der Waals surface area contributed by atoms with Crippen molar-refractivity contribution in [3.63, 3.8) is 0 Å². The van der Waals surface area contributed by atoms with Gasteiger partial charge >= 0.3 is 0 Å². The highest BCUT2D eigenvalue weighted by molar-refractivity contribution is 8.00. The third-order valence-corrected chi connectivity index (χ3v) is 5.25. The van der Waals surface area contributed by atoms with Crippen molar-refractivity contribution >= 4 is 17.5 Å². The lowest BCUT2D eigenvalue weighted by molar-refractivity contribution is 0.514. The van der Waals surface area contributed by atoms with E-state index in [0.29, 0.717) is 5.92 Å². The van der Waals surface area contributed by atoms with Crippen LogP contribution in [0.4, 0.5) is 0 Å². The van der Waals surface area contributed by atoms with Crippen molar-refractivity contribution in [1.29, 1.82) is 5.41 Å². The van der Waals surface area contributed by atoms with Crippen molar-refractivity contribution < 1.29 is 0 Å². The summed E-state index contributed by atoms with van der Waals surface area (Å²) in [7, 11) is 0. The fourth-order valence-electron chi connectivity index (χ4n) is 1.72. The lowest BCUT2D eigenvalue weighted by Crippen LogP contribution is -2.31. The van der Waals surface area contributed by atoms with Crippen LogP contribution >= 0.6 is 11.8 Å². The molecule has 1 unspecified atom stereocenters. The van der Waals surface area contributed by atoms with Crippen LogP contribution in [-0.2, 0) is 0 Å². The number of nitrogens with one attached hydrogen (secondary N) is 1. The molecular weight excluding hydrogens is 226 g/mol. The number of thioether (sulfide) groups is 1. The summed E-state index contributed by atoms with van der Waals surface area (Å²) >= 11 is 1.90. The Morgan fingerprint density at radius 3 is 1.94 bits per heavy atom. The van der Waals surface area contributed by atoms with Gasteiger partial charge in [0.2, 0.25) is 0 Å². The highest BCUT2D eigenvalue weighted by Gasteiger charge is 2.31. The van der Waals surface area contributed by atoms with E-state index in [2.05, 4.69) is 60.8 Å². The zero-order chi connectivity index (χ0) is 13.9. The van der Waals surface area contributed by atoms with Crippen LogP contribution in [0.15, 0.2) is 11.6 Å². The van der Waals surface area contributed by atoms with Crippen LogP contribution in [0.25, 0.3) is 0 Å². The maximum absolute atomic E-state index is 8.18. The average molecular weight is 255 g/mol. The van der Waals surface area contributed by atoms with Crippen LogP contribution in [-0.4, -0.2) is 16.7 Å². The van der Waals surface area contributed by atoms with Gasteiger partial charge in [0.25, 0.3) is 0 Å². The molecule has 1 atom stereocenters. The van der Waals surface area contributed by atoms with E-state index in [1.54, 1.807) is 0 Å². The molecule has 0 radical (unpaired) electrons. The second-order valence-corrected chi connectivity index (χ2v) is 7.41. The first kappa shape index (κ1) is 16.8. The van der Waals surface area contributed by atoms with Crippen LogP contribution in [0.1, 0.15) is 54.9 Å². The van der Waals surface area contributed by atoms with Gasteiger partial charge in [-0.2, -0.15) is 11.8 Å². The largest absolute Gasteiger partial charge is 0.305 e. The van der Waals surface area contributed by atoms with E-state index in [1.807, 2.05) is 11.8 Å². The molecule has 0 aliphatic heterocycles. The molecule has 0 amide bonds. The molecule has 2 heteroatoms. The van der Waals surface area contributed by atoms with E-state index in [0.717, 1.165) is 12.1 Å². The molecule has 0 saturated heterocycles. The highest BCUT2D eigenvalue weighted by Crippen LogP contribution is 2.39. The molecule has 0 aromatic carbocycles. The van der Waals surface area contributed by atoms with Crippen LogP contribution < -0.4 is 0 Å². The van der Waals surface area contributed by atoms with Gasteiger partial charge in [-0.15, -0.1) is 0 Å². The molecule has 1 nitrogen and oxygen atoms in total. The van der Waals surface area contributed by atoms with Crippen molar-refractivity contribution in [1.82, 2.24) is 0 Å². The standard InChI is InChI=1S/C15H29NS/c1-9-12(10-13(16)14(4,5)6)15(7,17-8)11(2)3/h10-11,16H,9H2,1-8H3/b12-10-,16-13?. The molecule has 1 N–H and O–H groups in total. The van der Waals surface area contributed by atoms with Crippen molar-refractivity contribution in [2.24, 2.45) is 11.3 Å². The van der Waals surface area contributed by atoms with Gasteiger partial charge in [0, 0.05) is 15.9 Å². The molecule has 0 aromatic heterocycles. The number of hydrogen-bond acceptors (Lipinski definition) is 2. The van der Waals surface area contributed by atoms with E-state index in [4.69, 9.17) is 5.41 Å². The Kier molecular flexibility index (Phi) is 6.00. The zero-order valence-electron chi connectivity index (χ0n) is 12.8. The van der Waals surface area contributed by atoms with Crippen LogP contribution in [0.5, 0.6) is 0 Å². The van der Waals surface area contributed by atoms with Crippen LogP contribution in [0.2, 0.25) is 0 Å². The Morgan fingerprint density at radius 1 is 1.24 bits per heavy atom. The minimum atomic E-state index is -0.0588. The Hall–Kier alpha value is -0.240. The Bertz CT molecular complexity index is 297. The van der Waals surface area contributed by atoms with E-state index < -0.39 is 0 Å². The normalized spacial score (nSPS) is 17.1. The number of rotatable bonds is 5. The summed E-state index contributed by atoms with van der Waals surface area (Å²) in [6.45, 7) is 15.3. The molecule has 0 saturated carbocycles. The van der Waals surface area contributed by atoms with Crippen molar-refractivity contribution in [3.8, 4) is 0 Å². The molecule has 0 aliphatic rings. The molecule has 17 heavy (non-hydrogen) atoms. The number of allylic oxidation sites excluding steroid dienone is 1. The molecule has 0 rings (SSSR count). The van der Waals surface area contributed by atoms with Crippen molar-refractivity contribution in [2.45, 2.75) is 59.6 Å². The number of hydrogen-bond donors (Lipinski definition) is 1. The van der Waals surface area contributed by atoms with Gasteiger partial charge in [0.05, 0.1) is 0 Å². The molecule has 0 spiro atoms. The highest BCUT2D eigenvalue weighted by atomic mass is 32.2. The minimum Gasteiger partial charge on any atom is -0.305 e. The molecule has 0 fully saturated rings. The second kappa shape index (κ2) is 6.08. The van der Waals surface area contributed by atoms with Crippen molar-refractivity contribution in [2.75, 3.05) is 6.26 Å². The predicted molar refractivity (Wildman–Crippen MR) is 82.3 cm³/mol. The summed E-state index contributed by atoms with van der Waals surface area (Å²) in [5.41, 5.74) is 2.06. The van der Waals surface area contributed by atoms with Gasteiger partial charge in [-0.3, -0.25) is 0 Å². The first-order valence-electron chi connectivity index (χ1n) is 6.44. The average Bonchev–Trinajstić information content (AvgIpc) is 2.22. The topological polar surface area (TPSA) is 23.9 Å². The first-order valence-corrected chi connectivity index (χ1v) is 7.67. The minimum absolute atomic E-state index is 0.0588. The fraction of sp³-hybridized carbons (Fsp3) is 0.800. The molecule has 0 heterocycles. The molecule has 100 valence electrons. The predicted octanol–water partition coefficient (Wildman–Crippen LogP) is 5.17. The molecule has 0 bridgehead atoms. The van der Waals surface area contributed by atoms with Crippen LogP contribution in [0.3, 0.4) is 0 Å². The summed E-state index contributed by atoms with van der Waals surface area (Å²) < 4.78 is 0.145. The zero-order valence-corrected chi connectivity index (χ0v) is 13.6. The lowest BCUT2D eigenvalue weighted by atomic mass is 9.82.